The van der Waals surface area contributed by atoms with Gasteiger partial charge in [0.1, 0.15) is 23.8 Å². The molecule has 4 atom stereocenters. The molecule has 2 saturated heterocycles. The molecule has 218 valence electrons. The lowest BCUT2D eigenvalue weighted by molar-refractivity contribution is -0.136. The number of aliphatic imine (C=N–C) groups is 1. The Bertz CT molecular complexity index is 1310. The molecule has 5 rings (SSSR count). The van der Waals surface area contributed by atoms with Crippen LogP contribution in [-0.4, -0.2) is 109 Å². The Balaban J connectivity index is 1.16. The number of amides is 4. The van der Waals surface area contributed by atoms with E-state index >= 15 is 8.78 Å². The van der Waals surface area contributed by atoms with Gasteiger partial charge in [0.05, 0.1) is 18.8 Å². The van der Waals surface area contributed by atoms with Crippen LogP contribution in [0.3, 0.4) is 0 Å². The third-order valence-electron chi connectivity index (χ3n) is 7.12. The number of nitrogens with one attached hydrogen (secondary N) is 2. The number of hydrogen-bond donors (Lipinski definition) is 3. The number of benzene rings is 1. The average molecular weight is 575 g/mol. The number of nitrogens with zero attached hydrogens (tertiary/aromatic N) is 6. The van der Waals surface area contributed by atoms with Crippen molar-refractivity contribution >= 4 is 47.8 Å². The predicted octanol–water partition coefficient (Wildman–Crippen LogP) is 0.553. The third-order valence-corrected chi connectivity index (χ3v) is 7.12. The molecule has 0 saturated carbocycles. The van der Waals surface area contributed by atoms with Crippen molar-refractivity contribution in [1.29, 1.82) is 0 Å². The minimum atomic E-state index is -1.29. The number of allylic oxidation sites excluding steroid dienone is 1. The number of carbonyl (C=O) groups excluding carboxylic acids is 3. The van der Waals surface area contributed by atoms with Gasteiger partial charge in [0.2, 0.25) is 11.8 Å². The van der Waals surface area contributed by atoms with E-state index < -0.39 is 48.1 Å². The highest BCUT2D eigenvalue weighted by Crippen LogP contribution is 2.31. The zero-order valence-corrected chi connectivity index (χ0v) is 21.9. The fourth-order valence-corrected chi connectivity index (χ4v) is 5.06. The van der Waals surface area contributed by atoms with Gasteiger partial charge in [0.25, 0.3) is 0 Å². The molecule has 4 aliphatic heterocycles. The molecule has 4 aliphatic rings. The number of piperazine rings is 1. The van der Waals surface area contributed by atoms with E-state index in [9.17, 15) is 19.2 Å². The predicted molar refractivity (Wildman–Crippen MR) is 142 cm³/mol. The molecule has 1 aromatic rings. The van der Waals surface area contributed by atoms with E-state index in [2.05, 4.69) is 20.7 Å². The zero-order chi connectivity index (χ0) is 29.3. The molecule has 4 heterocycles. The lowest BCUT2D eigenvalue weighted by atomic mass is 10.1. The number of hydrazone groups is 1. The van der Waals surface area contributed by atoms with Gasteiger partial charge in [0, 0.05) is 56.9 Å². The van der Waals surface area contributed by atoms with Gasteiger partial charge in [-0.25, -0.2) is 23.4 Å². The van der Waals surface area contributed by atoms with Crippen LogP contribution in [0.25, 0.3) is 0 Å². The first kappa shape index (κ1) is 27.8. The molecule has 0 aromatic heterocycles. The number of hydrogen-bond acceptors (Lipinski definition) is 9. The molecule has 2 unspecified atom stereocenters. The Hall–Kier alpha value is -4.76. The van der Waals surface area contributed by atoms with Gasteiger partial charge >= 0.3 is 12.2 Å². The second-order valence-electron chi connectivity index (χ2n) is 9.83. The zero-order valence-electron chi connectivity index (χ0n) is 21.9. The van der Waals surface area contributed by atoms with Gasteiger partial charge < -0.3 is 30.3 Å². The SMILES string of the molecule is C[C@H](NC(=O)C1C=NN2C=CC=NC12)C(=O)N1CCN(c2c(F)cc(N3C[C@H](CNC(=O)O)OC3=O)cc2F)CC1. The fraction of sp³-hybridized carbons (Fsp3) is 0.440. The van der Waals surface area contributed by atoms with Gasteiger partial charge in [-0.15, -0.1) is 0 Å². The van der Waals surface area contributed by atoms with Crippen molar-refractivity contribution in [1.82, 2.24) is 20.5 Å². The quantitative estimate of drug-likeness (QED) is 0.426. The summed E-state index contributed by atoms with van der Waals surface area (Å²) >= 11 is 0. The number of carbonyl (C=O) groups is 4. The summed E-state index contributed by atoms with van der Waals surface area (Å²) in [6.07, 6.45) is 3.05. The van der Waals surface area contributed by atoms with Crippen molar-refractivity contribution < 1.29 is 37.8 Å². The van der Waals surface area contributed by atoms with E-state index in [1.165, 1.54) is 16.0 Å². The Morgan fingerprint density at radius 2 is 1.88 bits per heavy atom. The van der Waals surface area contributed by atoms with Gasteiger partial charge in [-0.05, 0) is 13.0 Å². The highest BCUT2D eigenvalue weighted by atomic mass is 19.1. The standard InChI is InChI=1S/C25H28F2N8O6/c1-14(31-22(36)17-12-30-35-4-2-3-28-21(17)35)23(37)33-7-5-32(6-8-33)20-18(26)9-15(10-19(20)27)34-13-16(41-25(34)40)11-29-24(38)39/h2-4,9-10,12,14,16-17,21,29H,5-8,11,13H2,1H3,(H,31,36)(H,38,39)/t14-,16-,17?,21?/m0/s1. The van der Waals surface area contributed by atoms with Crippen molar-refractivity contribution in [2.24, 2.45) is 16.0 Å². The second kappa shape index (κ2) is 11.4. The molecule has 4 amide bonds. The maximum absolute atomic E-state index is 15.1. The van der Waals surface area contributed by atoms with Crippen LogP contribution in [0.2, 0.25) is 0 Å². The first-order valence-corrected chi connectivity index (χ1v) is 12.9. The number of anilines is 2. The minimum Gasteiger partial charge on any atom is -0.465 e. The van der Waals surface area contributed by atoms with Crippen LogP contribution in [0.15, 0.2) is 34.5 Å². The van der Waals surface area contributed by atoms with E-state index in [4.69, 9.17) is 9.84 Å². The van der Waals surface area contributed by atoms with Gasteiger partial charge in [0.15, 0.2) is 17.8 Å². The van der Waals surface area contributed by atoms with Crippen LogP contribution in [0.1, 0.15) is 6.92 Å². The van der Waals surface area contributed by atoms with Crippen LogP contribution in [0, 0.1) is 17.6 Å². The van der Waals surface area contributed by atoms with Crippen molar-refractivity contribution in [3.8, 4) is 0 Å². The summed E-state index contributed by atoms with van der Waals surface area (Å²) in [4.78, 5) is 56.9. The topological polar surface area (TPSA) is 159 Å². The molecule has 0 aliphatic carbocycles. The van der Waals surface area contributed by atoms with Crippen LogP contribution >= 0.6 is 0 Å². The summed E-state index contributed by atoms with van der Waals surface area (Å²) in [5, 5.41) is 19.2. The van der Waals surface area contributed by atoms with E-state index in [1.54, 1.807) is 30.4 Å². The van der Waals surface area contributed by atoms with E-state index in [1.807, 2.05) is 0 Å². The molecule has 41 heavy (non-hydrogen) atoms. The largest absolute Gasteiger partial charge is 0.465 e. The number of carboxylic acid groups (broad SMARTS) is 1. The molecule has 0 bridgehead atoms. The lowest BCUT2D eigenvalue weighted by Gasteiger charge is -2.37. The van der Waals surface area contributed by atoms with Crippen molar-refractivity contribution in [3.63, 3.8) is 0 Å². The highest BCUT2D eigenvalue weighted by molar-refractivity contribution is 5.98. The first-order valence-electron chi connectivity index (χ1n) is 12.9. The van der Waals surface area contributed by atoms with Crippen LogP contribution in [0.4, 0.5) is 29.7 Å². The number of cyclic esters (lactones) is 1. The smallest absolute Gasteiger partial charge is 0.414 e. The summed E-state index contributed by atoms with van der Waals surface area (Å²) in [5.41, 5.74) is -0.346. The fourth-order valence-electron chi connectivity index (χ4n) is 5.06. The lowest BCUT2D eigenvalue weighted by Crippen LogP contribution is -2.55. The van der Waals surface area contributed by atoms with E-state index in [0.29, 0.717) is 0 Å². The Morgan fingerprint density at radius 1 is 1.17 bits per heavy atom. The molecule has 2 fully saturated rings. The summed E-state index contributed by atoms with van der Waals surface area (Å²) in [6, 6.07) is 1.20. The normalized spacial score (nSPS) is 23.9. The Labute approximate surface area is 232 Å². The highest BCUT2D eigenvalue weighted by Gasteiger charge is 2.38. The number of rotatable bonds is 7. The van der Waals surface area contributed by atoms with Crippen LogP contribution in [0.5, 0.6) is 0 Å². The first-order chi connectivity index (χ1) is 19.6. The molecular weight excluding hydrogens is 546 g/mol. The van der Waals surface area contributed by atoms with Crippen LogP contribution in [-0.2, 0) is 14.3 Å². The third kappa shape index (κ3) is 5.76. The number of fused-ring (bicyclic) bond motifs is 1. The number of halogens is 2. The summed E-state index contributed by atoms with van der Waals surface area (Å²) in [6.45, 7) is 1.96. The molecule has 3 N–H and O–H groups in total. The van der Waals surface area contributed by atoms with Gasteiger partial charge in [-0.2, -0.15) is 5.10 Å². The molecular formula is C25H28F2N8O6. The maximum Gasteiger partial charge on any atom is 0.414 e. The van der Waals surface area contributed by atoms with Crippen molar-refractivity contribution in [2.45, 2.75) is 25.2 Å². The van der Waals surface area contributed by atoms with E-state index in [0.717, 1.165) is 17.0 Å². The summed E-state index contributed by atoms with van der Waals surface area (Å²) < 4.78 is 35.3. The van der Waals surface area contributed by atoms with Crippen molar-refractivity contribution in [2.75, 3.05) is 49.1 Å². The van der Waals surface area contributed by atoms with Gasteiger partial charge in [-0.3, -0.25) is 19.5 Å². The minimum absolute atomic E-state index is 0.0599. The molecule has 1 aromatic carbocycles. The maximum atomic E-state index is 15.1. The molecule has 0 spiro atoms. The van der Waals surface area contributed by atoms with E-state index in [-0.39, 0.29) is 62.5 Å². The Morgan fingerprint density at radius 3 is 2.56 bits per heavy atom. The van der Waals surface area contributed by atoms with Crippen LogP contribution < -0.4 is 20.4 Å². The Kier molecular flexibility index (Phi) is 7.72. The molecule has 16 heteroatoms. The molecule has 14 nitrogen and oxygen atoms in total. The molecule has 0 radical (unpaired) electrons. The number of ether oxygens (including phenoxy) is 1. The average Bonchev–Trinajstić information content (AvgIpc) is 3.55. The van der Waals surface area contributed by atoms with Gasteiger partial charge in [-0.1, -0.05) is 0 Å². The second-order valence-corrected chi connectivity index (χ2v) is 9.83. The summed E-state index contributed by atoms with van der Waals surface area (Å²) in [7, 11) is 0. The summed E-state index contributed by atoms with van der Waals surface area (Å²) in [5.74, 6) is -3.15. The monoisotopic (exact) mass is 574 g/mol. The van der Waals surface area contributed by atoms with Crippen molar-refractivity contribution in [3.05, 3.63) is 36.0 Å².